The lowest BCUT2D eigenvalue weighted by molar-refractivity contribution is 0.317. The molecule has 2 unspecified atom stereocenters. The van der Waals surface area contributed by atoms with Gasteiger partial charge in [0.25, 0.3) is 0 Å². The molecule has 1 N–H and O–H groups in total. The van der Waals surface area contributed by atoms with E-state index in [0.717, 1.165) is 12.0 Å². The van der Waals surface area contributed by atoms with Crippen molar-refractivity contribution in [3.8, 4) is 0 Å². The Labute approximate surface area is 101 Å². The molecule has 0 radical (unpaired) electrons. The number of hydrogen-bond donors (Lipinski definition) is 1. The zero-order valence-electron chi connectivity index (χ0n) is 11.4. The molecule has 0 aromatic carbocycles. The Kier molecular flexibility index (Phi) is 6.07. The average molecular weight is 224 g/mol. The molecule has 2 nitrogen and oxygen atoms in total. The minimum absolute atomic E-state index is 0.765. The predicted molar refractivity (Wildman–Crippen MR) is 71.7 cm³/mol. The fourth-order valence-electron chi connectivity index (χ4n) is 2.30. The first kappa shape index (κ1) is 13.7. The van der Waals surface area contributed by atoms with Crippen molar-refractivity contribution in [3.05, 3.63) is 11.6 Å². The molecular formula is C14H28N2. The zero-order chi connectivity index (χ0) is 12.0. The second-order valence-corrected chi connectivity index (χ2v) is 5.61. The van der Waals surface area contributed by atoms with Crippen LogP contribution in [0.4, 0.5) is 0 Å². The molecule has 94 valence electrons. The fraction of sp³-hybridized carbons (Fsp3) is 0.857. The van der Waals surface area contributed by atoms with Gasteiger partial charge in [-0.05, 0) is 59.2 Å². The van der Waals surface area contributed by atoms with Gasteiger partial charge in [0, 0.05) is 12.6 Å². The smallest absolute Gasteiger partial charge is 0.00823 e. The molecule has 0 aliphatic carbocycles. The Morgan fingerprint density at radius 3 is 2.69 bits per heavy atom. The summed E-state index contributed by atoms with van der Waals surface area (Å²) in [5.74, 6) is 0.876. The molecule has 0 aromatic heterocycles. The van der Waals surface area contributed by atoms with Gasteiger partial charge in [0.05, 0.1) is 0 Å². The van der Waals surface area contributed by atoms with Gasteiger partial charge >= 0.3 is 0 Å². The van der Waals surface area contributed by atoms with Crippen LogP contribution in [0, 0.1) is 5.92 Å². The number of nitrogens with zero attached hydrogens (tertiary/aromatic N) is 1. The Morgan fingerprint density at radius 1 is 1.38 bits per heavy atom. The largest absolute Gasteiger partial charge is 0.314 e. The van der Waals surface area contributed by atoms with E-state index < -0.39 is 0 Å². The van der Waals surface area contributed by atoms with Crippen LogP contribution in [-0.2, 0) is 0 Å². The van der Waals surface area contributed by atoms with E-state index in [9.17, 15) is 0 Å². The first-order chi connectivity index (χ1) is 7.58. The van der Waals surface area contributed by atoms with Crippen LogP contribution in [0.2, 0.25) is 0 Å². The summed E-state index contributed by atoms with van der Waals surface area (Å²) in [6.45, 7) is 10.3. The van der Waals surface area contributed by atoms with E-state index >= 15 is 0 Å². The van der Waals surface area contributed by atoms with Gasteiger partial charge in [0.2, 0.25) is 0 Å². The lowest BCUT2D eigenvalue weighted by atomic mass is 10.1. The van der Waals surface area contributed by atoms with Gasteiger partial charge in [0.15, 0.2) is 0 Å². The molecule has 1 aliphatic heterocycles. The number of hydrogen-bond acceptors (Lipinski definition) is 2. The molecule has 0 aromatic rings. The predicted octanol–water partition coefficient (Wildman–Crippen LogP) is 2.66. The molecule has 1 heterocycles. The summed E-state index contributed by atoms with van der Waals surface area (Å²) in [5, 5.41) is 3.60. The average Bonchev–Trinajstić information content (AvgIpc) is 2.61. The highest BCUT2D eigenvalue weighted by atomic mass is 15.1. The Bertz CT molecular complexity index is 219. The maximum atomic E-state index is 3.60. The van der Waals surface area contributed by atoms with Gasteiger partial charge in [-0.25, -0.2) is 0 Å². The summed E-state index contributed by atoms with van der Waals surface area (Å²) in [6, 6.07) is 0.765. The molecule has 0 saturated carbocycles. The van der Waals surface area contributed by atoms with Crippen LogP contribution in [0.1, 0.15) is 40.0 Å². The molecule has 1 saturated heterocycles. The number of nitrogens with one attached hydrogen (secondary N) is 1. The quantitative estimate of drug-likeness (QED) is 0.698. The molecule has 16 heavy (non-hydrogen) atoms. The van der Waals surface area contributed by atoms with Crippen LogP contribution in [0.15, 0.2) is 11.6 Å². The minimum atomic E-state index is 0.765. The van der Waals surface area contributed by atoms with Gasteiger partial charge in [-0.15, -0.1) is 0 Å². The molecule has 1 aliphatic rings. The third kappa shape index (κ3) is 5.66. The lowest BCUT2D eigenvalue weighted by Gasteiger charge is -2.18. The Hall–Kier alpha value is -0.340. The molecule has 2 heteroatoms. The van der Waals surface area contributed by atoms with Crippen LogP contribution in [0.3, 0.4) is 0 Å². The van der Waals surface area contributed by atoms with Gasteiger partial charge in [-0.1, -0.05) is 18.6 Å². The highest BCUT2D eigenvalue weighted by molar-refractivity contribution is 4.93. The van der Waals surface area contributed by atoms with Gasteiger partial charge in [0.1, 0.15) is 0 Å². The van der Waals surface area contributed by atoms with Crippen LogP contribution in [0.25, 0.3) is 0 Å². The van der Waals surface area contributed by atoms with Gasteiger partial charge in [-0.2, -0.15) is 0 Å². The van der Waals surface area contributed by atoms with Crippen LogP contribution in [0.5, 0.6) is 0 Å². The van der Waals surface area contributed by atoms with Gasteiger partial charge in [-0.3, -0.25) is 0 Å². The summed E-state index contributed by atoms with van der Waals surface area (Å²) in [4.78, 5) is 2.45. The van der Waals surface area contributed by atoms with E-state index in [-0.39, 0.29) is 0 Å². The SMILES string of the molecule is CC(C)=CCCN(C)CCC1CC(C)CN1. The number of rotatable bonds is 6. The molecule has 0 amide bonds. The van der Waals surface area contributed by atoms with Crippen molar-refractivity contribution >= 4 is 0 Å². The summed E-state index contributed by atoms with van der Waals surface area (Å²) in [7, 11) is 2.23. The lowest BCUT2D eigenvalue weighted by Crippen LogP contribution is -2.28. The van der Waals surface area contributed by atoms with Crippen LogP contribution < -0.4 is 5.32 Å². The number of allylic oxidation sites excluding steroid dienone is 1. The Balaban J connectivity index is 2.06. The van der Waals surface area contributed by atoms with Crippen molar-refractivity contribution in [2.24, 2.45) is 5.92 Å². The van der Waals surface area contributed by atoms with Crippen molar-refractivity contribution < 1.29 is 0 Å². The zero-order valence-corrected chi connectivity index (χ0v) is 11.4. The van der Waals surface area contributed by atoms with Crippen LogP contribution in [-0.4, -0.2) is 37.6 Å². The monoisotopic (exact) mass is 224 g/mol. The molecule has 1 fully saturated rings. The summed E-state index contributed by atoms with van der Waals surface area (Å²) in [5.41, 5.74) is 1.43. The van der Waals surface area contributed by atoms with Crippen LogP contribution >= 0.6 is 0 Å². The van der Waals surface area contributed by atoms with Crippen molar-refractivity contribution in [2.45, 2.75) is 46.1 Å². The molecular weight excluding hydrogens is 196 g/mol. The van der Waals surface area contributed by atoms with E-state index in [1.165, 1.54) is 44.5 Å². The van der Waals surface area contributed by atoms with Crippen molar-refractivity contribution in [1.82, 2.24) is 10.2 Å². The Morgan fingerprint density at radius 2 is 2.12 bits per heavy atom. The summed E-state index contributed by atoms with van der Waals surface area (Å²) in [6.07, 6.45) is 6.18. The molecule has 0 bridgehead atoms. The van der Waals surface area contributed by atoms with Crippen molar-refractivity contribution in [3.63, 3.8) is 0 Å². The molecule has 1 rings (SSSR count). The molecule has 2 atom stereocenters. The summed E-state index contributed by atoms with van der Waals surface area (Å²) < 4.78 is 0. The normalized spacial score (nSPS) is 25.1. The first-order valence-electron chi connectivity index (χ1n) is 6.63. The van der Waals surface area contributed by atoms with E-state index in [1.54, 1.807) is 0 Å². The van der Waals surface area contributed by atoms with E-state index in [0.29, 0.717) is 0 Å². The topological polar surface area (TPSA) is 15.3 Å². The van der Waals surface area contributed by atoms with Crippen molar-refractivity contribution in [1.29, 1.82) is 0 Å². The second-order valence-electron chi connectivity index (χ2n) is 5.61. The van der Waals surface area contributed by atoms with Crippen molar-refractivity contribution in [2.75, 3.05) is 26.7 Å². The van der Waals surface area contributed by atoms with E-state index in [4.69, 9.17) is 0 Å². The fourth-order valence-corrected chi connectivity index (χ4v) is 2.30. The first-order valence-corrected chi connectivity index (χ1v) is 6.63. The maximum Gasteiger partial charge on any atom is 0.00823 e. The highest BCUT2D eigenvalue weighted by Crippen LogP contribution is 2.15. The highest BCUT2D eigenvalue weighted by Gasteiger charge is 2.19. The second kappa shape index (κ2) is 7.08. The standard InChI is InChI=1S/C14H28N2/c1-12(2)6-5-8-16(4)9-7-14-10-13(3)11-15-14/h6,13-15H,5,7-11H2,1-4H3. The van der Waals surface area contributed by atoms with E-state index in [2.05, 4.69) is 44.1 Å². The van der Waals surface area contributed by atoms with Gasteiger partial charge < -0.3 is 10.2 Å². The third-order valence-electron chi connectivity index (χ3n) is 3.36. The summed E-state index contributed by atoms with van der Waals surface area (Å²) >= 11 is 0. The molecule has 0 spiro atoms. The maximum absolute atomic E-state index is 3.60. The minimum Gasteiger partial charge on any atom is -0.314 e. The van der Waals surface area contributed by atoms with E-state index in [1.807, 2.05) is 0 Å². The third-order valence-corrected chi connectivity index (χ3v) is 3.36.